The topological polar surface area (TPSA) is 54.4 Å². The Morgan fingerprint density at radius 2 is 2.28 bits per heavy atom. The minimum atomic E-state index is -0.363. The van der Waals surface area contributed by atoms with E-state index in [-0.39, 0.29) is 5.91 Å². The molecule has 1 N–H and O–H groups in total. The molecule has 0 aliphatic heterocycles. The third-order valence-electron chi connectivity index (χ3n) is 2.00. The first kappa shape index (κ1) is 13.0. The Morgan fingerprint density at radius 3 is 2.94 bits per heavy atom. The fourth-order valence-corrected chi connectivity index (χ4v) is 2.14. The van der Waals surface area contributed by atoms with E-state index in [0.717, 1.165) is 0 Å². The van der Waals surface area contributed by atoms with Crippen LogP contribution in [0.15, 0.2) is 34.2 Å². The molecule has 2 aromatic rings. The number of aromatic nitrogens is 1. The van der Waals surface area contributed by atoms with Gasteiger partial charge in [-0.05, 0) is 12.1 Å². The summed E-state index contributed by atoms with van der Waals surface area (Å²) in [4.78, 5) is 15.4. The lowest BCUT2D eigenvalue weighted by atomic mass is 10.2. The molecular formula is C11H7Cl2N3OS. The summed E-state index contributed by atoms with van der Waals surface area (Å²) in [6.45, 7) is 0. The number of nitrogens with zero attached hydrogens (tertiary/aromatic N) is 2. The van der Waals surface area contributed by atoms with E-state index in [9.17, 15) is 4.79 Å². The van der Waals surface area contributed by atoms with Gasteiger partial charge in [-0.1, -0.05) is 29.3 Å². The number of amides is 1. The minimum absolute atomic E-state index is 0.333. The van der Waals surface area contributed by atoms with Crippen LogP contribution in [0.4, 0.5) is 0 Å². The van der Waals surface area contributed by atoms with Crippen molar-refractivity contribution in [2.24, 2.45) is 5.10 Å². The van der Waals surface area contributed by atoms with Gasteiger partial charge in [-0.25, -0.2) is 10.4 Å². The molecule has 1 amide bonds. The molecule has 0 fully saturated rings. The average molecular weight is 300 g/mol. The molecule has 0 saturated carbocycles. The Hall–Kier alpha value is -1.43. The first-order chi connectivity index (χ1) is 8.66. The predicted molar refractivity (Wildman–Crippen MR) is 73.6 cm³/mol. The van der Waals surface area contributed by atoms with Gasteiger partial charge < -0.3 is 0 Å². The summed E-state index contributed by atoms with van der Waals surface area (Å²) >= 11 is 13.1. The zero-order valence-corrected chi connectivity index (χ0v) is 11.3. The molecule has 0 unspecified atom stereocenters. The zero-order valence-electron chi connectivity index (χ0n) is 8.93. The van der Waals surface area contributed by atoms with Crippen molar-refractivity contribution in [1.82, 2.24) is 10.4 Å². The summed E-state index contributed by atoms with van der Waals surface area (Å²) in [6.07, 6.45) is 1.45. The van der Waals surface area contributed by atoms with Crippen molar-refractivity contribution >= 4 is 46.7 Å². The van der Waals surface area contributed by atoms with Crippen LogP contribution in [0.2, 0.25) is 10.0 Å². The first-order valence-electron chi connectivity index (χ1n) is 4.83. The summed E-state index contributed by atoms with van der Waals surface area (Å²) in [5, 5.41) is 6.45. The molecule has 0 atom stereocenters. The number of carbonyl (C=O) groups is 1. The van der Waals surface area contributed by atoms with Crippen molar-refractivity contribution in [3.63, 3.8) is 0 Å². The van der Waals surface area contributed by atoms with E-state index in [1.807, 2.05) is 0 Å². The number of thiazole rings is 1. The summed E-state index contributed by atoms with van der Waals surface area (Å²) in [5.74, 6) is -0.363. The third-order valence-corrected chi connectivity index (χ3v) is 3.15. The highest BCUT2D eigenvalue weighted by molar-refractivity contribution is 7.07. The van der Waals surface area contributed by atoms with Crippen LogP contribution >= 0.6 is 34.5 Å². The maximum atomic E-state index is 11.5. The monoisotopic (exact) mass is 299 g/mol. The molecular weight excluding hydrogens is 293 g/mol. The minimum Gasteiger partial charge on any atom is -0.266 e. The summed E-state index contributed by atoms with van der Waals surface area (Å²) in [5.41, 5.74) is 4.94. The molecule has 0 aliphatic carbocycles. The van der Waals surface area contributed by atoms with Gasteiger partial charge in [0.2, 0.25) is 0 Å². The molecule has 18 heavy (non-hydrogen) atoms. The normalized spacial score (nSPS) is 10.8. The number of hydrogen-bond acceptors (Lipinski definition) is 4. The lowest BCUT2D eigenvalue weighted by Gasteiger charge is -1.98. The van der Waals surface area contributed by atoms with Gasteiger partial charge in [0, 0.05) is 16.0 Å². The van der Waals surface area contributed by atoms with Crippen molar-refractivity contribution in [2.45, 2.75) is 0 Å². The van der Waals surface area contributed by atoms with E-state index in [1.165, 1.54) is 17.6 Å². The molecule has 0 aliphatic rings. The average Bonchev–Trinajstić information content (AvgIpc) is 2.85. The zero-order chi connectivity index (χ0) is 13.0. The Kier molecular flexibility index (Phi) is 4.30. The molecule has 92 valence electrons. The molecule has 4 nitrogen and oxygen atoms in total. The number of hydrazone groups is 1. The van der Waals surface area contributed by atoms with Crippen LogP contribution in [0.3, 0.4) is 0 Å². The Bertz CT molecular complexity index is 584. The van der Waals surface area contributed by atoms with Crippen molar-refractivity contribution in [1.29, 1.82) is 0 Å². The van der Waals surface area contributed by atoms with Crippen molar-refractivity contribution in [3.8, 4) is 0 Å². The largest absolute Gasteiger partial charge is 0.290 e. The number of carbonyl (C=O) groups excluding carboxylic acids is 1. The van der Waals surface area contributed by atoms with Gasteiger partial charge in [0.15, 0.2) is 0 Å². The summed E-state index contributed by atoms with van der Waals surface area (Å²) in [6, 6.07) is 5.01. The first-order valence-corrected chi connectivity index (χ1v) is 6.53. The molecule has 1 heterocycles. The third kappa shape index (κ3) is 3.29. The molecule has 1 aromatic heterocycles. The van der Waals surface area contributed by atoms with Crippen molar-refractivity contribution < 1.29 is 4.79 Å². The predicted octanol–water partition coefficient (Wildman–Crippen LogP) is 3.21. The van der Waals surface area contributed by atoms with Gasteiger partial charge in [0.25, 0.3) is 5.91 Å². The van der Waals surface area contributed by atoms with E-state index in [1.54, 1.807) is 29.1 Å². The van der Waals surface area contributed by atoms with Gasteiger partial charge in [-0.3, -0.25) is 4.79 Å². The van der Waals surface area contributed by atoms with Crippen LogP contribution in [-0.4, -0.2) is 17.1 Å². The smallest absolute Gasteiger partial charge is 0.266 e. The maximum absolute atomic E-state index is 11.5. The standard InChI is InChI=1S/C11H7Cl2N3OS/c12-8-2-1-7(9(13)3-8)4-15-16-11(17)10-5-18-6-14-10/h1-6H,(H,16,17)/b15-4+. The lowest BCUT2D eigenvalue weighted by molar-refractivity contribution is 0.0951. The Morgan fingerprint density at radius 1 is 1.44 bits per heavy atom. The van der Waals surface area contributed by atoms with Gasteiger partial charge in [0.05, 0.1) is 16.7 Å². The number of halogens is 2. The highest BCUT2D eigenvalue weighted by Crippen LogP contribution is 2.19. The van der Waals surface area contributed by atoms with Crippen LogP contribution in [0.1, 0.15) is 16.1 Å². The van der Waals surface area contributed by atoms with Gasteiger partial charge >= 0.3 is 0 Å². The van der Waals surface area contributed by atoms with Gasteiger partial charge in [-0.15, -0.1) is 11.3 Å². The molecule has 0 radical (unpaired) electrons. The molecule has 0 bridgehead atoms. The van der Waals surface area contributed by atoms with Crippen molar-refractivity contribution in [3.05, 3.63) is 50.4 Å². The molecule has 0 spiro atoms. The second kappa shape index (κ2) is 5.95. The second-order valence-corrected chi connectivity index (χ2v) is 4.80. The molecule has 7 heteroatoms. The van der Waals surface area contributed by atoms with Crippen LogP contribution < -0.4 is 5.43 Å². The number of hydrogen-bond donors (Lipinski definition) is 1. The highest BCUT2D eigenvalue weighted by Gasteiger charge is 2.05. The van der Waals surface area contributed by atoms with Gasteiger partial charge in [-0.2, -0.15) is 5.10 Å². The molecule has 0 saturated heterocycles. The van der Waals surface area contributed by atoms with E-state index in [0.29, 0.717) is 21.3 Å². The number of nitrogens with one attached hydrogen (secondary N) is 1. The Balaban J connectivity index is 2.01. The van der Waals surface area contributed by atoms with Gasteiger partial charge in [0.1, 0.15) is 5.69 Å². The summed E-state index contributed by atoms with van der Waals surface area (Å²) in [7, 11) is 0. The SMILES string of the molecule is O=C(N/N=C/c1ccc(Cl)cc1Cl)c1cscn1. The van der Waals surface area contributed by atoms with E-state index >= 15 is 0 Å². The second-order valence-electron chi connectivity index (χ2n) is 3.24. The van der Waals surface area contributed by atoms with E-state index in [4.69, 9.17) is 23.2 Å². The van der Waals surface area contributed by atoms with Crippen LogP contribution in [0.25, 0.3) is 0 Å². The molecule has 2 rings (SSSR count). The maximum Gasteiger partial charge on any atom is 0.290 e. The van der Waals surface area contributed by atoms with Crippen LogP contribution in [0.5, 0.6) is 0 Å². The molecule has 1 aromatic carbocycles. The number of benzene rings is 1. The highest BCUT2D eigenvalue weighted by atomic mass is 35.5. The summed E-state index contributed by atoms with van der Waals surface area (Å²) < 4.78 is 0. The van der Waals surface area contributed by atoms with Crippen LogP contribution in [-0.2, 0) is 0 Å². The van der Waals surface area contributed by atoms with E-state index in [2.05, 4.69) is 15.5 Å². The van der Waals surface area contributed by atoms with Crippen molar-refractivity contribution in [2.75, 3.05) is 0 Å². The fraction of sp³-hybridized carbons (Fsp3) is 0. The van der Waals surface area contributed by atoms with E-state index < -0.39 is 0 Å². The Labute approximate surface area is 117 Å². The lowest BCUT2D eigenvalue weighted by Crippen LogP contribution is -2.17. The quantitative estimate of drug-likeness (QED) is 0.699. The fourth-order valence-electron chi connectivity index (χ4n) is 1.15. The number of rotatable bonds is 3. The van der Waals surface area contributed by atoms with Crippen LogP contribution in [0, 0.1) is 0 Å².